The molecule has 0 saturated heterocycles. The highest BCUT2D eigenvalue weighted by Crippen LogP contribution is 2.33. The number of aromatic nitrogens is 1. The number of nitro groups is 1. The molecule has 3 aromatic carbocycles. The topological polar surface area (TPSA) is 58.9 Å². The van der Waals surface area contributed by atoms with Gasteiger partial charge in [0.25, 0.3) is 5.69 Å². The van der Waals surface area contributed by atoms with E-state index in [4.69, 9.17) is 0 Å². The quantitative estimate of drug-likeness (QED) is 0.421. The van der Waals surface area contributed by atoms with Crippen LogP contribution in [0.25, 0.3) is 32.9 Å². The summed E-state index contributed by atoms with van der Waals surface area (Å²) in [5.74, 6) is 0. The van der Waals surface area contributed by atoms with Gasteiger partial charge in [-0.05, 0) is 23.8 Å². The first-order valence-corrected chi connectivity index (χ1v) is 6.98. The molecule has 0 saturated carbocycles. The number of hydrogen-bond donors (Lipinski definition) is 1. The molecule has 0 unspecified atom stereocenters. The molecule has 1 aromatic heterocycles. The standard InChI is InChI=1S/C18H12N2O2/c21-20(22)13-10-8-12(9-11-13)14-5-3-6-16-15-4-1-2-7-17(15)19-18(14)16/h1-11,19H. The molecule has 0 bridgehead atoms. The van der Waals surface area contributed by atoms with Crippen molar-refractivity contribution in [1.82, 2.24) is 4.98 Å². The van der Waals surface area contributed by atoms with Gasteiger partial charge in [0.15, 0.2) is 0 Å². The SMILES string of the molecule is O=[N+]([O-])c1ccc(-c2cccc3c2[nH]c2ccccc23)cc1. The summed E-state index contributed by atoms with van der Waals surface area (Å²) in [7, 11) is 0. The first-order chi connectivity index (χ1) is 10.7. The van der Waals surface area contributed by atoms with Gasteiger partial charge >= 0.3 is 0 Å². The Hall–Kier alpha value is -3.14. The van der Waals surface area contributed by atoms with Crippen molar-refractivity contribution >= 4 is 27.5 Å². The lowest BCUT2D eigenvalue weighted by atomic mass is 10.0. The highest BCUT2D eigenvalue weighted by Gasteiger charge is 2.10. The predicted molar refractivity (Wildman–Crippen MR) is 87.9 cm³/mol. The molecule has 0 radical (unpaired) electrons. The molecular weight excluding hydrogens is 276 g/mol. The summed E-state index contributed by atoms with van der Waals surface area (Å²) in [6.45, 7) is 0. The molecule has 22 heavy (non-hydrogen) atoms. The lowest BCUT2D eigenvalue weighted by molar-refractivity contribution is -0.384. The van der Waals surface area contributed by atoms with Crippen LogP contribution >= 0.6 is 0 Å². The number of rotatable bonds is 2. The van der Waals surface area contributed by atoms with E-state index in [1.54, 1.807) is 12.1 Å². The highest BCUT2D eigenvalue weighted by atomic mass is 16.6. The normalized spacial score (nSPS) is 11.1. The van der Waals surface area contributed by atoms with Gasteiger partial charge in [-0.25, -0.2) is 0 Å². The van der Waals surface area contributed by atoms with Crippen LogP contribution in [-0.4, -0.2) is 9.91 Å². The minimum Gasteiger partial charge on any atom is -0.354 e. The van der Waals surface area contributed by atoms with Gasteiger partial charge in [-0.3, -0.25) is 10.1 Å². The molecule has 0 aliphatic carbocycles. The third-order valence-corrected chi connectivity index (χ3v) is 3.93. The number of benzene rings is 3. The van der Waals surface area contributed by atoms with E-state index in [9.17, 15) is 10.1 Å². The van der Waals surface area contributed by atoms with Crippen LogP contribution in [0.2, 0.25) is 0 Å². The van der Waals surface area contributed by atoms with E-state index in [1.165, 1.54) is 17.5 Å². The summed E-state index contributed by atoms with van der Waals surface area (Å²) in [6.07, 6.45) is 0. The lowest BCUT2D eigenvalue weighted by Gasteiger charge is -2.03. The van der Waals surface area contributed by atoms with E-state index in [2.05, 4.69) is 23.2 Å². The van der Waals surface area contributed by atoms with Gasteiger partial charge in [0, 0.05) is 34.0 Å². The molecule has 0 spiro atoms. The summed E-state index contributed by atoms with van der Waals surface area (Å²) in [5.41, 5.74) is 4.25. The van der Waals surface area contributed by atoms with Crippen LogP contribution < -0.4 is 0 Å². The van der Waals surface area contributed by atoms with Crippen molar-refractivity contribution < 1.29 is 4.92 Å². The minimum absolute atomic E-state index is 0.104. The van der Waals surface area contributed by atoms with E-state index in [0.29, 0.717) is 0 Å². The highest BCUT2D eigenvalue weighted by molar-refractivity contribution is 6.11. The molecule has 4 heteroatoms. The van der Waals surface area contributed by atoms with E-state index in [-0.39, 0.29) is 10.6 Å². The number of nitrogens with zero attached hydrogens (tertiary/aromatic N) is 1. The maximum Gasteiger partial charge on any atom is 0.269 e. The Morgan fingerprint density at radius 3 is 2.32 bits per heavy atom. The van der Waals surface area contributed by atoms with Crippen molar-refractivity contribution in [2.45, 2.75) is 0 Å². The van der Waals surface area contributed by atoms with Crippen molar-refractivity contribution in [1.29, 1.82) is 0 Å². The summed E-state index contributed by atoms with van der Waals surface area (Å²) < 4.78 is 0. The zero-order chi connectivity index (χ0) is 15.1. The zero-order valence-electron chi connectivity index (χ0n) is 11.6. The fraction of sp³-hybridized carbons (Fsp3) is 0. The van der Waals surface area contributed by atoms with Crippen LogP contribution in [0.5, 0.6) is 0 Å². The number of aromatic amines is 1. The first kappa shape index (κ1) is 12.6. The van der Waals surface area contributed by atoms with Gasteiger partial charge in [0.05, 0.1) is 10.4 Å². The van der Waals surface area contributed by atoms with Gasteiger partial charge in [0.2, 0.25) is 0 Å². The molecule has 0 aliphatic heterocycles. The van der Waals surface area contributed by atoms with Crippen LogP contribution in [0.1, 0.15) is 0 Å². The number of nitro benzene ring substituents is 1. The molecule has 0 aliphatic rings. The molecule has 0 amide bonds. The van der Waals surface area contributed by atoms with Crippen molar-refractivity contribution in [2.24, 2.45) is 0 Å². The monoisotopic (exact) mass is 288 g/mol. The second-order valence-electron chi connectivity index (χ2n) is 5.20. The van der Waals surface area contributed by atoms with Gasteiger partial charge in [-0.1, -0.05) is 36.4 Å². The van der Waals surface area contributed by atoms with Crippen molar-refractivity contribution in [2.75, 3.05) is 0 Å². The molecule has 106 valence electrons. The van der Waals surface area contributed by atoms with Crippen molar-refractivity contribution in [3.63, 3.8) is 0 Å². The number of fused-ring (bicyclic) bond motifs is 3. The molecule has 0 atom stereocenters. The van der Waals surface area contributed by atoms with Gasteiger partial charge in [-0.15, -0.1) is 0 Å². The Balaban J connectivity index is 1.96. The fourth-order valence-electron chi connectivity index (χ4n) is 2.88. The second-order valence-corrected chi connectivity index (χ2v) is 5.20. The van der Waals surface area contributed by atoms with Crippen LogP contribution in [0.15, 0.2) is 66.7 Å². The summed E-state index contributed by atoms with van der Waals surface area (Å²) in [6, 6.07) is 21.0. The Morgan fingerprint density at radius 1 is 0.818 bits per heavy atom. The molecule has 4 aromatic rings. The van der Waals surface area contributed by atoms with E-state index < -0.39 is 0 Å². The minimum atomic E-state index is -0.382. The van der Waals surface area contributed by atoms with Gasteiger partial charge < -0.3 is 4.98 Å². The largest absolute Gasteiger partial charge is 0.354 e. The fourth-order valence-corrected chi connectivity index (χ4v) is 2.88. The average molecular weight is 288 g/mol. The molecule has 1 heterocycles. The van der Waals surface area contributed by atoms with Crippen molar-refractivity contribution in [3.05, 3.63) is 76.8 Å². The van der Waals surface area contributed by atoms with E-state index >= 15 is 0 Å². The Kier molecular flexibility index (Phi) is 2.69. The summed E-state index contributed by atoms with van der Waals surface area (Å²) in [4.78, 5) is 13.8. The molecule has 4 rings (SSSR count). The number of H-pyrrole nitrogens is 1. The third kappa shape index (κ3) is 1.85. The summed E-state index contributed by atoms with van der Waals surface area (Å²) in [5, 5.41) is 13.1. The Bertz CT molecular complexity index is 1000. The molecular formula is C18H12N2O2. The second kappa shape index (κ2) is 4.70. The molecule has 4 nitrogen and oxygen atoms in total. The molecule has 1 N–H and O–H groups in total. The average Bonchev–Trinajstić information content (AvgIpc) is 2.93. The maximum atomic E-state index is 10.8. The number of non-ortho nitro benzene ring substituents is 1. The van der Waals surface area contributed by atoms with E-state index in [0.717, 1.165) is 27.5 Å². The number of hydrogen-bond acceptors (Lipinski definition) is 2. The van der Waals surface area contributed by atoms with Crippen LogP contribution in [-0.2, 0) is 0 Å². The first-order valence-electron chi connectivity index (χ1n) is 6.98. The maximum absolute atomic E-state index is 10.8. The summed E-state index contributed by atoms with van der Waals surface area (Å²) >= 11 is 0. The van der Waals surface area contributed by atoms with Crippen LogP contribution in [0, 0.1) is 10.1 Å². The Labute approximate surface area is 126 Å². The third-order valence-electron chi connectivity index (χ3n) is 3.93. The number of para-hydroxylation sites is 2. The smallest absolute Gasteiger partial charge is 0.269 e. The molecule has 0 fully saturated rings. The van der Waals surface area contributed by atoms with Crippen LogP contribution in [0.3, 0.4) is 0 Å². The lowest BCUT2D eigenvalue weighted by Crippen LogP contribution is -1.87. The van der Waals surface area contributed by atoms with Crippen LogP contribution in [0.4, 0.5) is 5.69 Å². The van der Waals surface area contributed by atoms with E-state index in [1.807, 2.05) is 24.3 Å². The number of nitrogens with one attached hydrogen (secondary N) is 1. The van der Waals surface area contributed by atoms with Crippen molar-refractivity contribution in [3.8, 4) is 11.1 Å². The zero-order valence-corrected chi connectivity index (χ0v) is 11.6. The Morgan fingerprint density at radius 2 is 1.55 bits per heavy atom. The van der Waals surface area contributed by atoms with Gasteiger partial charge in [-0.2, -0.15) is 0 Å². The van der Waals surface area contributed by atoms with Gasteiger partial charge in [0.1, 0.15) is 0 Å². The predicted octanol–water partition coefficient (Wildman–Crippen LogP) is 4.90.